The number of carbonyl (C=O) groups is 1. The van der Waals surface area contributed by atoms with E-state index in [0.717, 1.165) is 47.5 Å². The molecule has 0 radical (unpaired) electrons. The van der Waals surface area contributed by atoms with Gasteiger partial charge >= 0.3 is 0 Å². The van der Waals surface area contributed by atoms with Crippen LogP contribution < -0.4 is 20.3 Å². The van der Waals surface area contributed by atoms with Crippen LogP contribution in [0.15, 0.2) is 72.6 Å². The summed E-state index contributed by atoms with van der Waals surface area (Å²) in [4.78, 5) is 23.1. The third kappa shape index (κ3) is 5.42. The van der Waals surface area contributed by atoms with Crippen LogP contribution in [-0.2, 0) is 4.79 Å². The number of hydrogen-bond donors (Lipinski definition) is 3. The molecule has 35 heavy (non-hydrogen) atoms. The monoisotopic (exact) mass is 487 g/mol. The molecule has 0 bridgehead atoms. The highest BCUT2D eigenvalue weighted by molar-refractivity contribution is 7.17. The summed E-state index contributed by atoms with van der Waals surface area (Å²) >= 11 is 1.50. The quantitative estimate of drug-likeness (QED) is 0.304. The Bertz CT molecular complexity index is 1350. The minimum Gasteiger partial charge on any atom is -0.437 e. The summed E-state index contributed by atoms with van der Waals surface area (Å²) < 4.78 is 6.94. The second-order valence-electron chi connectivity index (χ2n) is 8.20. The van der Waals surface area contributed by atoms with E-state index in [0.29, 0.717) is 23.3 Å². The van der Waals surface area contributed by atoms with Crippen LogP contribution in [0.4, 0.5) is 23.0 Å². The molecule has 0 spiro atoms. The summed E-state index contributed by atoms with van der Waals surface area (Å²) in [5.41, 5.74) is 3.37. The van der Waals surface area contributed by atoms with Gasteiger partial charge in [0.25, 0.3) is 0 Å². The molecular weight excluding hydrogens is 462 g/mol. The van der Waals surface area contributed by atoms with Gasteiger partial charge < -0.3 is 25.4 Å². The van der Waals surface area contributed by atoms with E-state index >= 15 is 0 Å². The van der Waals surface area contributed by atoms with Crippen LogP contribution in [0, 0.1) is 0 Å². The van der Waals surface area contributed by atoms with Crippen LogP contribution in [-0.4, -0.2) is 40.2 Å². The summed E-state index contributed by atoms with van der Waals surface area (Å²) in [6.07, 6.45) is 2.61. The molecule has 5 rings (SSSR count). The van der Waals surface area contributed by atoms with Crippen LogP contribution in [0.5, 0.6) is 11.6 Å². The van der Waals surface area contributed by atoms with Crippen molar-refractivity contribution in [2.45, 2.75) is 18.9 Å². The van der Waals surface area contributed by atoms with E-state index in [4.69, 9.17) is 4.74 Å². The van der Waals surface area contributed by atoms with Gasteiger partial charge in [-0.15, -0.1) is 11.3 Å². The number of nitrogens with zero attached hydrogens (tertiary/aromatic N) is 3. The van der Waals surface area contributed by atoms with E-state index in [2.05, 4.69) is 44.2 Å². The van der Waals surface area contributed by atoms with Gasteiger partial charge in [-0.3, -0.25) is 4.79 Å². The summed E-state index contributed by atoms with van der Waals surface area (Å²) in [5.74, 6) is 1.11. The summed E-state index contributed by atoms with van der Waals surface area (Å²) in [6.45, 7) is 5.18. The zero-order valence-electron chi connectivity index (χ0n) is 19.0. The van der Waals surface area contributed by atoms with Gasteiger partial charge in [0, 0.05) is 36.2 Å². The topological polar surface area (TPSA) is 99.6 Å². The third-order valence-corrected chi connectivity index (χ3v) is 6.62. The lowest BCUT2D eigenvalue weighted by Gasteiger charge is -2.31. The van der Waals surface area contributed by atoms with Crippen molar-refractivity contribution in [3.8, 4) is 11.6 Å². The zero-order valence-corrected chi connectivity index (χ0v) is 19.8. The highest BCUT2D eigenvalue weighted by Crippen LogP contribution is 2.34. The number of hydrogen-bond acceptors (Lipinski definition) is 8. The molecule has 9 heteroatoms. The number of fused-ring (bicyclic) bond motifs is 1. The molecule has 0 atom stereocenters. The molecule has 1 saturated heterocycles. The summed E-state index contributed by atoms with van der Waals surface area (Å²) in [5, 5.41) is 17.7. The van der Waals surface area contributed by atoms with E-state index < -0.39 is 0 Å². The molecule has 1 fully saturated rings. The molecule has 3 N–H and O–H groups in total. The number of thiophene rings is 1. The smallest absolute Gasteiger partial charge is 0.247 e. The first-order valence-corrected chi connectivity index (χ1v) is 12.2. The Labute approximate surface area is 206 Å². The molecule has 4 aromatic rings. The number of anilines is 4. The number of nitrogens with one attached hydrogen (secondary N) is 2. The lowest BCUT2D eigenvalue weighted by molar-refractivity contribution is -0.111. The number of piperidine rings is 1. The molecule has 3 heterocycles. The molecule has 2 aromatic carbocycles. The normalized spacial score (nSPS) is 14.0. The van der Waals surface area contributed by atoms with Crippen LogP contribution in [0.2, 0.25) is 0 Å². The van der Waals surface area contributed by atoms with Crippen molar-refractivity contribution in [3.63, 3.8) is 0 Å². The summed E-state index contributed by atoms with van der Waals surface area (Å²) in [6, 6.07) is 17.1. The van der Waals surface area contributed by atoms with Gasteiger partial charge in [0.15, 0.2) is 0 Å². The Hall–Kier alpha value is -3.95. The number of benzene rings is 2. The minimum absolute atomic E-state index is 0.193. The van der Waals surface area contributed by atoms with Crippen molar-refractivity contribution in [3.05, 3.63) is 72.6 Å². The SMILES string of the molecule is C=CC(=O)Nc1cccc(Oc2nc(Nc3ccc(N4CCC(O)CC4)cc3)nc3ccsc23)c1. The van der Waals surface area contributed by atoms with Gasteiger partial charge in [-0.1, -0.05) is 12.6 Å². The van der Waals surface area contributed by atoms with Gasteiger partial charge in [-0.2, -0.15) is 4.98 Å². The number of amides is 1. The number of rotatable bonds is 7. The van der Waals surface area contributed by atoms with Crippen molar-refractivity contribution in [1.82, 2.24) is 9.97 Å². The minimum atomic E-state index is -0.291. The fraction of sp³-hybridized carbons (Fsp3) is 0.192. The van der Waals surface area contributed by atoms with E-state index in [1.165, 1.54) is 17.4 Å². The van der Waals surface area contributed by atoms with Crippen LogP contribution in [0.3, 0.4) is 0 Å². The third-order valence-electron chi connectivity index (χ3n) is 5.73. The van der Waals surface area contributed by atoms with Crippen molar-refractivity contribution in [2.24, 2.45) is 0 Å². The van der Waals surface area contributed by atoms with Gasteiger partial charge in [-0.05, 0) is 66.8 Å². The van der Waals surface area contributed by atoms with Gasteiger partial charge in [0.2, 0.25) is 17.7 Å². The van der Waals surface area contributed by atoms with E-state index in [1.54, 1.807) is 24.3 Å². The average molecular weight is 488 g/mol. The van der Waals surface area contributed by atoms with Gasteiger partial charge in [0.05, 0.1) is 11.6 Å². The largest absolute Gasteiger partial charge is 0.437 e. The number of aliphatic hydroxyl groups is 1. The molecule has 178 valence electrons. The average Bonchev–Trinajstić information content (AvgIpc) is 3.34. The molecule has 0 saturated carbocycles. The molecule has 0 unspecified atom stereocenters. The van der Waals surface area contributed by atoms with Gasteiger partial charge in [0.1, 0.15) is 10.4 Å². The highest BCUT2D eigenvalue weighted by Gasteiger charge is 2.17. The Morgan fingerprint density at radius 1 is 1.11 bits per heavy atom. The first kappa shape index (κ1) is 22.8. The standard InChI is InChI=1S/C26H25N5O3S/c1-2-23(33)27-18-4-3-5-21(16-18)34-25-24-22(12-15-35-24)29-26(30-25)28-17-6-8-19(9-7-17)31-13-10-20(32)11-14-31/h2-9,12,15-16,20,32H,1,10-11,13-14H2,(H,27,33)(H,28,29,30). The number of aliphatic hydroxyl groups excluding tert-OH is 1. The van der Waals surface area contributed by atoms with E-state index in [-0.39, 0.29) is 12.0 Å². The molecule has 1 aliphatic heterocycles. The van der Waals surface area contributed by atoms with E-state index in [9.17, 15) is 9.90 Å². The lowest BCUT2D eigenvalue weighted by Crippen LogP contribution is -2.35. The molecular formula is C26H25N5O3S. The van der Waals surface area contributed by atoms with Crippen molar-refractivity contribution in [2.75, 3.05) is 28.6 Å². The maximum atomic E-state index is 11.6. The zero-order chi connectivity index (χ0) is 24.2. The predicted octanol–water partition coefficient (Wildman–Crippen LogP) is 5.31. The second-order valence-corrected chi connectivity index (χ2v) is 9.12. The number of aromatic nitrogens is 2. The highest BCUT2D eigenvalue weighted by atomic mass is 32.1. The fourth-order valence-corrected chi connectivity index (χ4v) is 4.67. The molecule has 1 amide bonds. The van der Waals surface area contributed by atoms with Crippen molar-refractivity contribution in [1.29, 1.82) is 0 Å². The first-order chi connectivity index (χ1) is 17.1. The Kier molecular flexibility index (Phi) is 6.60. The number of ether oxygens (including phenoxy) is 1. The lowest BCUT2D eigenvalue weighted by atomic mass is 10.1. The van der Waals surface area contributed by atoms with Crippen LogP contribution in [0.1, 0.15) is 12.8 Å². The molecule has 8 nitrogen and oxygen atoms in total. The second kappa shape index (κ2) is 10.1. The molecule has 0 aliphatic carbocycles. The Morgan fingerprint density at radius 2 is 1.91 bits per heavy atom. The Balaban J connectivity index is 1.35. The van der Waals surface area contributed by atoms with Crippen molar-refractivity contribution >= 4 is 50.5 Å². The van der Waals surface area contributed by atoms with Crippen LogP contribution in [0.25, 0.3) is 10.2 Å². The number of carbonyl (C=O) groups excluding carboxylic acids is 1. The maximum Gasteiger partial charge on any atom is 0.247 e. The first-order valence-electron chi connectivity index (χ1n) is 11.3. The van der Waals surface area contributed by atoms with Crippen LogP contribution >= 0.6 is 11.3 Å². The Morgan fingerprint density at radius 3 is 2.69 bits per heavy atom. The van der Waals surface area contributed by atoms with E-state index in [1.807, 2.05) is 23.6 Å². The predicted molar refractivity (Wildman–Crippen MR) is 140 cm³/mol. The maximum absolute atomic E-state index is 11.6. The molecule has 1 aliphatic rings. The summed E-state index contributed by atoms with van der Waals surface area (Å²) in [7, 11) is 0. The molecule has 2 aromatic heterocycles. The van der Waals surface area contributed by atoms with Crippen molar-refractivity contribution < 1.29 is 14.6 Å². The fourth-order valence-electron chi connectivity index (χ4n) is 3.91. The van der Waals surface area contributed by atoms with Gasteiger partial charge in [-0.25, -0.2) is 4.98 Å².